The van der Waals surface area contributed by atoms with E-state index in [4.69, 9.17) is 9.47 Å². The average Bonchev–Trinajstić information content (AvgIpc) is 3.17. The summed E-state index contributed by atoms with van der Waals surface area (Å²) >= 11 is 1.65. The van der Waals surface area contributed by atoms with Gasteiger partial charge >= 0.3 is 0 Å². The Balaban J connectivity index is 1.51. The topological polar surface area (TPSA) is 50.8 Å². The Labute approximate surface area is 150 Å². The van der Waals surface area contributed by atoms with Crippen molar-refractivity contribution in [1.82, 2.24) is 10.2 Å². The second-order valence-electron chi connectivity index (χ2n) is 5.77. The predicted molar refractivity (Wildman–Crippen MR) is 94.4 cm³/mol. The molecule has 0 aliphatic carbocycles. The summed E-state index contributed by atoms with van der Waals surface area (Å²) in [6.45, 7) is 3.54. The van der Waals surface area contributed by atoms with Gasteiger partial charge in [-0.1, -0.05) is 0 Å². The number of hydrogen-bond donors (Lipinski definition) is 1. The van der Waals surface area contributed by atoms with E-state index in [0.29, 0.717) is 25.5 Å². The van der Waals surface area contributed by atoms with Crippen molar-refractivity contribution >= 4 is 17.2 Å². The standard InChI is InChI=1S/C18H21FN2O3S/c19-15-1-3-16(4-2-15)24-12-18(22)20-11-17(14-5-10-25-13-14)21-6-8-23-9-7-21/h1-5,10,13,17H,6-9,11-12H2,(H,20,22)/t17-/m1/s1. The molecule has 7 heteroatoms. The Bertz CT molecular complexity index is 657. The van der Waals surface area contributed by atoms with Crippen molar-refractivity contribution < 1.29 is 18.7 Å². The van der Waals surface area contributed by atoms with Crippen LogP contribution in [0, 0.1) is 5.82 Å². The Morgan fingerprint density at radius 1 is 1.28 bits per heavy atom. The molecule has 3 rings (SSSR count). The minimum atomic E-state index is -0.332. The van der Waals surface area contributed by atoms with E-state index in [1.54, 1.807) is 11.3 Å². The van der Waals surface area contributed by atoms with Crippen molar-refractivity contribution in [1.29, 1.82) is 0 Å². The average molecular weight is 364 g/mol. The molecule has 5 nitrogen and oxygen atoms in total. The second kappa shape index (κ2) is 8.94. The SMILES string of the molecule is O=C(COc1ccc(F)cc1)NC[C@H](c1ccsc1)N1CCOCC1. The number of halogens is 1. The van der Waals surface area contributed by atoms with Crippen LogP contribution in [-0.2, 0) is 9.53 Å². The van der Waals surface area contributed by atoms with Gasteiger partial charge < -0.3 is 14.8 Å². The summed E-state index contributed by atoms with van der Waals surface area (Å²) in [4.78, 5) is 14.4. The molecule has 1 aromatic heterocycles. The zero-order valence-electron chi connectivity index (χ0n) is 13.8. The third-order valence-electron chi connectivity index (χ3n) is 4.09. The highest BCUT2D eigenvalue weighted by Crippen LogP contribution is 2.23. The first-order valence-electron chi connectivity index (χ1n) is 8.21. The highest BCUT2D eigenvalue weighted by atomic mass is 32.1. The summed E-state index contributed by atoms with van der Waals surface area (Å²) in [6.07, 6.45) is 0. The van der Waals surface area contributed by atoms with E-state index in [0.717, 1.165) is 13.1 Å². The first kappa shape index (κ1) is 17.8. The van der Waals surface area contributed by atoms with Gasteiger partial charge in [-0.2, -0.15) is 11.3 Å². The fraction of sp³-hybridized carbons (Fsp3) is 0.389. The van der Waals surface area contributed by atoms with E-state index < -0.39 is 0 Å². The molecule has 1 aromatic carbocycles. The fourth-order valence-electron chi connectivity index (χ4n) is 2.75. The summed E-state index contributed by atoms with van der Waals surface area (Å²) in [5, 5.41) is 7.09. The molecule has 0 unspecified atom stereocenters. The third kappa shape index (κ3) is 5.26. The van der Waals surface area contributed by atoms with E-state index in [1.807, 2.05) is 5.38 Å². The van der Waals surface area contributed by atoms with Gasteiger partial charge in [-0.05, 0) is 46.7 Å². The van der Waals surface area contributed by atoms with Crippen LogP contribution < -0.4 is 10.1 Å². The van der Waals surface area contributed by atoms with Crippen molar-refractivity contribution in [2.75, 3.05) is 39.5 Å². The van der Waals surface area contributed by atoms with Gasteiger partial charge in [0.2, 0.25) is 0 Å². The van der Waals surface area contributed by atoms with Crippen LogP contribution in [0.1, 0.15) is 11.6 Å². The van der Waals surface area contributed by atoms with Crippen LogP contribution in [-0.4, -0.2) is 50.3 Å². The second-order valence-corrected chi connectivity index (χ2v) is 6.55. The number of ether oxygens (including phenoxy) is 2. The number of amides is 1. The van der Waals surface area contributed by atoms with E-state index >= 15 is 0 Å². The van der Waals surface area contributed by atoms with Crippen molar-refractivity contribution in [2.24, 2.45) is 0 Å². The number of rotatable bonds is 7. The number of nitrogens with zero attached hydrogens (tertiary/aromatic N) is 1. The number of hydrogen-bond acceptors (Lipinski definition) is 5. The Morgan fingerprint density at radius 3 is 2.72 bits per heavy atom. The minimum absolute atomic E-state index is 0.0922. The molecule has 0 radical (unpaired) electrons. The van der Waals surface area contributed by atoms with Gasteiger partial charge in [0, 0.05) is 19.6 Å². The van der Waals surface area contributed by atoms with Crippen LogP contribution >= 0.6 is 11.3 Å². The maximum atomic E-state index is 12.9. The van der Waals surface area contributed by atoms with Gasteiger partial charge in [-0.3, -0.25) is 9.69 Å². The largest absolute Gasteiger partial charge is 0.484 e. The third-order valence-corrected chi connectivity index (χ3v) is 4.79. The van der Waals surface area contributed by atoms with Crippen molar-refractivity contribution in [3.63, 3.8) is 0 Å². The Kier molecular flexibility index (Phi) is 6.38. The van der Waals surface area contributed by atoms with Gasteiger partial charge in [-0.25, -0.2) is 4.39 Å². The Morgan fingerprint density at radius 2 is 2.04 bits per heavy atom. The van der Waals surface area contributed by atoms with Gasteiger partial charge in [0.15, 0.2) is 6.61 Å². The molecule has 2 heterocycles. The van der Waals surface area contributed by atoms with Gasteiger partial charge in [0.05, 0.1) is 19.3 Å². The first-order chi connectivity index (χ1) is 12.2. The number of carbonyl (C=O) groups excluding carboxylic acids is 1. The molecule has 1 aliphatic heterocycles. The van der Waals surface area contributed by atoms with E-state index in [1.165, 1.54) is 29.8 Å². The molecule has 1 atom stereocenters. The predicted octanol–water partition coefficient (Wildman–Crippen LogP) is 2.46. The van der Waals surface area contributed by atoms with Crippen LogP contribution in [0.15, 0.2) is 41.1 Å². The molecular weight excluding hydrogens is 343 g/mol. The molecular formula is C18H21FN2O3S. The molecule has 2 aromatic rings. The summed E-state index contributed by atoms with van der Waals surface area (Å²) in [5.41, 5.74) is 1.20. The smallest absolute Gasteiger partial charge is 0.258 e. The zero-order valence-corrected chi connectivity index (χ0v) is 14.6. The molecule has 25 heavy (non-hydrogen) atoms. The van der Waals surface area contributed by atoms with Crippen LogP contribution in [0.25, 0.3) is 0 Å². The lowest BCUT2D eigenvalue weighted by molar-refractivity contribution is -0.123. The zero-order chi connectivity index (χ0) is 17.5. The van der Waals surface area contributed by atoms with Crippen molar-refractivity contribution in [2.45, 2.75) is 6.04 Å². The Hall–Kier alpha value is -1.96. The summed E-state index contributed by atoms with van der Waals surface area (Å²) in [5.74, 6) is -0.0576. The fourth-order valence-corrected chi connectivity index (χ4v) is 3.46. The number of morpholine rings is 1. The first-order valence-corrected chi connectivity index (χ1v) is 9.15. The van der Waals surface area contributed by atoms with Crippen LogP contribution in [0.3, 0.4) is 0 Å². The lowest BCUT2D eigenvalue weighted by Gasteiger charge is -2.34. The van der Waals surface area contributed by atoms with Gasteiger partial charge in [0.25, 0.3) is 5.91 Å². The highest BCUT2D eigenvalue weighted by molar-refractivity contribution is 7.07. The van der Waals surface area contributed by atoms with E-state index in [2.05, 4.69) is 21.7 Å². The number of thiophene rings is 1. The summed E-state index contributed by atoms with van der Waals surface area (Å²) in [6, 6.07) is 7.84. The van der Waals surface area contributed by atoms with E-state index in [9.17, 15) is 9.18 Å². The molecule has 0 spiro atoms. The molecule has 0 saturated carbocycles. The van der Waals surface area contributed by atoms with Gasteiger partial charge in [-0.15, -0.1) is 0 Å². The number of benzene rings is 1. The molecule has 1 amide bonds. The van der Waals surface area contributed by atoms with Crippen LogP contribution in [0.5, 0.6) is 5.75 Å². The molecule has 1 fully saturated rings. The molecule has 1 aliphatic rings. The minimum Gasteiger partial charge on any atom is -0.484 e. The summed E-state index contributed by atoms with van der Waals surface area (Å²) in [7, 11) is 0. The quantitative estimate of drug-likeness (QED) is 0.820. The monoisotopic (exact) mass is 364 g/mol. The molecule has 1 saturated heterocycles. The lowest BCUT2D eigenvalue weighted by Crippen LogP contribution is -2.44. The van der Waals surface area contributed by atoms with Crippen molar-refractivity contribution in [3.8, 4) is 5.75 Å². The summed E-state index contributed by atoms with van der Waals surface area (Å²) < 4.78 is 23.7. The van der Waals surface area contributed by atoms with Gasteiger partial charge in [0.1, 0.15) is 11.6 Å². The number of nitrogens with one attached hydrogen (secondary N) is 1. The normalized spacial score (nSPS) is 16.4. The van der Waals surface area contributed by atoms with Crippen LogP contribution in [0.2, 0.25) is 0 Å². The highest BCUT2D eigenvalue weighted by Gasteiger charge is 2.23. The van der Waals surface area contributed by atoms with E-state index in [-0.39, 0.29) is 24.4 Å². The molecule has 0 bridgehead atoms. The molecule has 134 valence electrons. The maximum Gasteiger partial charge on any atom is 0.258 e. The lowest BCUT2D eigenvalue weighted by atomic mass is 10.1. The number of carbonyl (C=O) groups is 1. The van der Waals surface area contributed by atoms with Crippen LogP contribution in [0.4, 0.5) is 4.39 Å². The van der Waals surface area contributed by atoms with Crippen molar-refractivity contribution in [3.05, 3.63) is 52.5 Å². The molecule has 1 N–H and O–H groups in total. The maximum absolute atomic E-state index is 12.9.